The molecule has 8 nitrogen and oxygen atoms in total. The first-order valence-corrected chi connectivity index (χ1v) is 9.30. The number of oxazole rings is 1. The first-order valence-electron chi connectivity index (χ1n) is 9.30. The molecular weight excluding hydrogens is 374 g/mol. The van der Waals surface area contributed by atoms with Crippen molar-refractivity contribution in [3.63, 3.8) is 0 Å². The van der Waals surface area contributed by atoms with Crippen LogP contribution in [0.4, 0.5) is 0 Å². The van der Waals surface area contributed by atoms with Crippen molar-refractivity contribution in [2.45, 2.75) is 33.2 Å². The molecule has 0 unspecified atom stereocenters. The Balaban J connectivity index is 1.40. The number of aryl methyl sites for hydroxylation is 3. The lowest BCUT2D eigenvalue weighted by atomic mass is 10.1. The molecule has 0 saturated carbocycles. The molecule has 0 aliphatic rings. The summed E-state index contributed by atoms with van der Waals surface area (Å²) in [7, 11) is 0. The van der Waals surface area contributed by atoms with Crippen LogP contribution in [-0.2, 0) is 16.1 Å². The lowest BCUT2D eigenvalue weighted by molar-refractivity contribution is -0.130. The number of nitrogens with zero attached hydrogens (tertiary/aromatic N) is 1. The molecule has 0 radical (unpaired) electrons. The molecule has 2 aromatic carbocycles. The monoisotopic (exact) mass is 397 g/mol. The number of fused-ring (bicyclic) bond motifs is 1. The van der Waals surface area contributed by atoms with E-state index in [1.165, 1.54) is 4.57 Å². The number of carbonyl (C=O) groups excluding carboxylic acids is 2. The van der Waals surface area contributed by atoms with Gasteiger partial charge in [-0.05, 0) is 49.6 Å². The molecule has 2 N–H and O–H groups in total. The zero-order valence-corrected chi connectivity index (χ0v) is 16.4. The fourth-order valence-corrected chi connectivity index (χ4v) is 2.87. The number of ether oxygens (including phenoxy) is 1. The van der Waals surface area contributed by atoms with E-state index in [1.54, 1.807) is 18.2 Å². The van der Waals surface area contributed by atoms with Gasteiger partial charge in [-0.25, -0.2) is 4.79 Å². The third-order valence-electron chi connectivity index (χ3n) is 4.40. The highest BCUT2D eigenvalue weighted by molar-refractivity contribution is 5.82. The zero-order valence-electron chi connectivity index (χ0n) is 16.4. The quantitative estimate of drug-likeness (QED) is 0.595. The number of hydrazine groups is 1. The van der Waals surface area contributed by atoms with Crippen LogP contribution in [0.15, 0.2) is 51.7 Å². The van der Waals surface area contributed by atoms with Crippen LogP contribution >= 0.6 is 0 Å². The molecule has 3 rings (SSSR count). The summed E-state index contributed by atoms with van der Waals surface area (Å²) < 4.78 is 12.1. The largest absolute Gasteiger partial charge is 0.483 e. The third kappa shape index (κ3) is 5.25. The fourth-order valence-electron chi connectivity index (χ4n) is 2.87. The molecule has 1 aromatic heterocycles. The van der Waals surface area contributed by atoms with Gasteiger partial charge >= 0.3 is 5.76 Å². The predicted octanol–water partition coefficient (Wildman–Crippen LogP) is 2.22. The van der Waals surface area contributed by atoms with Crippen LogP contribution in [0, 0.1) is 13.8 Å². The van der Waals surface area contributed by atoms with E-state index in [-0.39, 0.29) is 18.9 Å². The highest BCUT2D eigenvalue weighted by Gasteiger charge is 2.10. The lowest BCUT2D eigenvalue weighted by Gasteiger charge is -2.11. The second-order valence-electron chi connectivity index (χ2n) is 6.74. The number of nitrogens with one attached hydrogen (secondary N) is 2. The van der Waals surface area contributed by atoms with E-state index >= 15 is 0 Å². The van der Waals surface area contributed by atoms with Crippen LogP contribution in [0.5, 0.6) is 5.75 Å². The molecule has 3 aromatic rings. The van der Waals surface area contributed by atoms with Gasteiger partial charge in [-0.1, -0.05) is 24.3 Å². The average Bonchev–Trinajstić information content (AvgIpc) is 3.02. The van der Waals surface area contributed by atoms with E-state index in [9.17, 15) is 14.4 Å². The van der Waals surface area contributed by atoms with Gasteiger partial charge in [0.2, 0.25) is 5.91 Å². The van der Waals surface area contributed by atoms with Crippen molar-refractivity contribution < 1.29 is 18.7 Å². The number of amides is 2. The molecule has 0 saturated heterocycles. The van der Waals surface area contributed by atoms with E-state index in [0.29, 0.717) is 29.8 Å². The molecule has 0 aliphatic heterocycles. The Labute approximate surface area is 167 Å². The number of carbonyl (C=O) groups is 2. The van der Waals surface area contributed by atoms with Gasteiger partial charge in [-0.15, -0.1) is 0 Å². The van der Waals surface area contributed by atoms with Crippen molar-refractivity contribution in [2.75, 3.05) is 6.61 Å². The Bertz CT molecular complexity index is 1080. The molecule has 0 atom stereocenters. The molecule has 0 aliphatic carbocycles. The zero-order chi connectivity index (χ0) is 20.8. The van der Waals surface area contributed by atoms with Gasteiger partial charge < -0.3 is 9.15 Å². The maximum absolute atomic E-state index is 11.9. The van der Waals surface area contributed by atoms with Gasteiger partial charge in [-0.3, -0.25) is 25.0 Å². The number of aromatic nitrogens is 1. The van der Waals surface area contributed by atoms with Crippen LogP contribution < -0.4 is 21.3 Å². The van der Waals surface area contributed by atoms with Crippen LogP contribution in [0.25, 0.3) is 11.1 Å². The van der Waals surface area contributed by atoms with Crippen LogP contribution in [0.3, 0.4) is 0 Å². The topological polar surface area (TPSA) is 103 Å². The Hall–Kier alpha value is -3.55. The second kappa shape index (κ2) is 9.09. The van der Waals surface area contributed by atoms with E-state index in [0.717, 1.165) is 11.1 Å². The summed E-state index contributed by atoms with van der Waals surface area (Å²) in [5.41, 5.74) is 7.83. The summed E-state index contributed by atoms with van der Waals surface area (Å²) in [5, 5.41) is 0. The molecule has 152 valence electrons. The van der Waals surface area contributed by atoms with Crippen LogP contribution in [0.1, 0.15) is 24.0 Å². The van der Waals surface area contributed by atoms with Crippen molar-refractivity contribution in [1.82, 2.24) is 15.4 Å². The van der Waals surface area contributed by atoms with Crippen LogP contribution in [0.2, 0.25) is 0 Å². The predicted molar refractivity (Wildman–Crippen MR) is 107 cm³/mol. The number of para-hydroxylation sites is 2. The highest BCUT2D eigenvalue weighted by atomic mass is 16.5. The first kappa shape index (κ1) is 20.2. The van der Waals surface area contributed by atoms with Crippen LogP contribution in [-0.4, -0.2) is 23.0 Å². The summed E-state index contributed by atoms with van der Waals surface area (Å²) in [5.74, 6) is -0.644. The van der Waals surface area contributed by atoms with Gasteiger partial charge in [0.1, 0.15) is 5.75 Å². The number of rotatable bonds is 7. The van der Waals surface area contributed by atoms with Gasteiger partial charge in [0.05, 0.1) is 5.52 Å². The molecule has 29 heavy (non-hydrogen) atoms. The number of hydrogen-bond donors (Lipinski definition) is 2. The van der Waals surface area contributed by atoms with Crippen molar-refractivity contribution in [3.05, 3.63) is 64.1 Å². The molecule has 2 amide bonds. The minimum atomic E-state index is -0.462. The van der Waals surface area contributed by atoms with E-state index in [4.69, 9.17) is 9.15 Å². The minimum absolute atomic E-state index is 0.143. The maximum Gasteiger partial charge on any atom is 0.419 e. The number of hydrogen-bond acceptors (Lipinski definition) is 5. The van der Waals surface area contributed by atoms with E-state index < -0.39 is 11.7 Å². The SMILES string of the molecule is Cc1ccc(C)c(OCC(=O)NNC(=O)CCCn2c(=O)oc3ccccc32)c1. The Morgan fingerprint density at radius 1 is 1.07 bits per heavy atom. The van der Waals surface area contributed by atoms with Crippen molar-refractivity contribution >= 4 is 22.9 Å². The fraction of sp³-hybridized carbons (Fsp3) is 0.286. The Kier molecular flexibility index (Phi) is 6.33. The Morgan fingerprint density at radius 3 is 2.66 bits per heavy atom. The maximum atomic E-state index is 11.9. The Morgan fingerprint density at radius 2 is 1.83 bits per heavy atom. The summed E-state index contributed by atoms with van der Waals surface area (Å²) in [6, 6.07) is 12.8. The van der Waals surface area contributed by atoms with E-state index in [2.05, 4.69) is 10.9 Å². The lowest BCUT2D eigenvalue weighted by Crippen LogP contribution is -2.43. The summed E-state index contributed by atoms with van der Waals surface area (Å²) in [6.07, 6.45) is 0.564. The molecule has 8 heteroatoms. The number of benzene rings is 2. The highest BCUT2D eigenvalue weighted by Crippen LogP contribution is 2.18. The van der Waals surface area contributed by atoms with Crippen molar-refractivity contribution in [3.8, 4) is 5.75 Å². The van der Waals surface area contributed by atoms with Gasteiger partial charge in [0.25, 0.3) is 5.91 Å². The summed E-state index contributed by atoms with van der Waals surface area (Å²) >= 11 is 0. The third-order valence-corrected chi connectivity index (χ3v) is 4.40. The first-order chi connectivity index (χ1) is 13.9. The summed E-state index contributed by atoms with van der Waals surface area (Å²) in [4.78, 5) is 35.7. The molecule has 1 heterocycles. The molecule has 0 spiro atoms. The van der Waals surface area contributed by atoms with Crippen molar-refractivity contribution in [1.29, 1.82) is 0 Å². The molecule has 0 fully saturated rings. The van der Waals surface area contributed by atoms with Gasteiger partial charge in [0.15, 0.2) is 12.2 Å². The van der Waals surface area contributed by atoms with Gasteiger partial charge in [0, 0.05) is 13.0 Å². The standard InChI is InChI=1S/C21H23N3O5/c1-14-9-10-15(2)18(12-14)28-13-20(26)23-22-19(25)8-5-11-24-16-6-3-4-7-17(16)29-21(24)27/h3-4,6-7,9-10,12H,5,8,11,13H2,1-2H3,(H,22,25)(H,23,26). The normalized spacial score (nSPS) is 10.7. The smallest absolute Gasteiger partial charge is 0.419 e. The average molecular weight is 397 g/mol. The summed E-state index contributed by atoms with van der Waals surface area (Å²) in [6.45, 7) is 3.96. The van der Waals surface area contributed by atoms with E-state index in [1.807, 2.05) is 38.1 Å². The molecular formula is C21H23N3O5. The molecule has 0 bridgehead atoms. The second-order valence-corrected chi connectivity index (χ2v) is 6.74. The minimum Gasteiger partial charge on any atom is -0.483 e. The van der Waals surface area contributed by atoms with Crippen molar-refractivity contribution in [2.24, 2.45) is 0 Å². The van der Waals surface area contributed by atoms with Gasteiger partial charge in [-0.2, -0.15) is 0 Å².